The van der Waals surface area contributed by atoms with Crippen molar-refractivity contribution in [2.45, 2.75) is 13.8 Å². The second kappa shape index (κ2) is 11.6. The van der Waals surface area contributed by atoms with Crippen LogP contribution in [0.5, 0.6) is 5.75 Å². The van der Waals surface area contributed by atoms with E-state index in [9.17, 15) is 19.2 Å². The molecular formula is C28H25N3O5S. The highest BCUT2D eigenvalue weighted by molar-refractivity contribution is 8.18. The Kier molecular flexibility index (Phi) is 8.05. The van der Waals surface area contributed by atoms with Gasteiger partial charge in [0.1, 0.15) is 12.3 Å². The molecule has 0 spiro atoms. The molecule has 9 heteroatoms. The quantitative estimate of drug-likeness (QED) is 0.409. The molecule has 0 atom stereocenters. The largest absolute Gasteiger partial charge is 0.484 e. The van der Waals surface area contributed by atoms with Crippen LogP contribution >= 0.6 is 11.8 Å². The molecule has 1 aliphatic heterocycles. The molecule has 4 rings (SSSR count). The van der Waals surface area contributed by atoms with Crippen LogP contribution in [0.25, 0.3) is 6.08 Å². The molecular weight excluding hydrogens is 490 g/mol. The van der Waals surface area contributed by atoms with Crippen LogP contribution in [0.2, 0.25) is 0 Å². The summed E-state index contributed by atoms with van der Waals surface area (Å²) in [6.45, 7) is 3.39. The molecule has 0 aliphatic carbocycles. The zero-order valence-corrected chi connectivity index (χ0v) is 21.1. The molecule has 0 aromatic heterocycles. The lowest BCUT2D eigenvalue weighted by Crippen LogP contribution is -2.36. The minimum Gasteiger partial charge on any atom is -0.484 e. The van der Waals surface area contributed by atoms with Crippen LogP contribution in [0, 0.1) is 13.8 Å². The first-order valence-corrected chi connectivity index (χ1v) is 12.3. The van der Waals surface area contributed by atoms with Crippen LogP contribution in [0.4, 0.5) is 16.2 Å². The van der Waals surface area contributed by atoms with E-state index in [4.69, 9.17) is 4.74 Å². The standard InChI is InChI=1S/C28H25N3O5S/c1-18-8-13-23(19(2)14-18)30-26(33)17-36-22-11-9-20(10-12-22)15-24-27(34)31(28(35)37-24)16-25(32)29-21-6-4-3-5-7-21/h3-15H,16-17H2,1-2H3,(H,29,32)(H,30,33)/b24-15-. The lowest BCUT2D eigenvalue weighted by molar-refractivity contribution is -0.127. The minimum atomic E-state index is -0.526. The molecule has 1 heterocycles. The fraction of sp³-hybridized carbons (Fsp3) is 0.143. The van der Waals surface area contributed by atoms with Gasteiger partial charge in [-0.15, -0.1) is 0 Å². The zero-order chi connectivity index (χ0) is 26.4. The Labute approximate surface area is 218 Å². The fourth-order valence-corrected chi connectivity index (χ4v) is 4.44. The smallest absolute Gasteiger partial charge is 0.294 e. The van der Waals surface area contributed by atoms with Crippen molar-refractivity contribution in [3.05, 3.63) is 94.4 Å². The molecule has 1 aliphatic rings. The minimum absolute atomic E-state index is 0.156. The summed E-state index contributed by atoms with van der Waals surface area (Å²) in [5.74, 6) is -0.779. The number of para-hydroxylation sites is 1. The van der Waals surface area contributed by atoms with E-state index in [1.807, 2.05) is 38.1 Å². The molecule has 1 saturated heterocycles. The lowest BCUT2D eigenvalue weighted by atomic mass is 10.1. The summed E-state index contributed by atoms with van der Waals surface area (Å²) in [6, 6.07) is 21.4. The predicted octanol–water partition coefficient (Wildman–Crippen LogP) is 5.00. The van der Waals surface area contributed by atoms with Crippen molar-refractivity contribution in [3.8, 4) is 5.75 Å². The summed E-state index contributed by atoms with van der Waals surface area (Å²) >= 11 is 0.780. The molecule has 3 aromatic carbocycles. The van der Waals surface area contributed by atoms with Crippen molar-refractivity contribution in [1.29, 1.82) is 0 Å². The van der Waals surface area contributed by atoms with Crippen molar-refractivity contribution >= 4 is 52.2 Å². The van der Waals surface area contributed by atoms with Crippen molar-refractivity contribution in [2.75, 3.05) is 23.8 Å². The number of carbonyl (C=O) groups excluding carboxylic acids is 4. The Balaban J connectivity index is 1.31. The summed E-state index contributed by atoms with van der Waals surface area (Å²) in [6.07, 6.45) is 1.58. The maximum absolute atomic E-state index is 12.7. The predicted molar refractivity (Wildman–Crippen MR) is 144 cm³/mol. The summed E-state index contributed by atoms with van der Waals surface area (Å²) in [4.78, 5) is 50.7. The lowest BCUT2D eigenvalue weighted by Gasteiger charge is -2.12. The van der Waals surface area contributed by atoms with Crippen LogP contribution in [0.1, 0.15) is 16.7 Å². The summed E-state index contributed by atoms with van der Waals surface area (Å²) in [7, 11) is 0. The van der Waals surface area contributed by atoms with Gasteiger partial charge in [-0.1, -0.05) is 48.0 Å². The van der Waals surface area contributed by atoms with Crippen LogP contribution in [-0.4, -0.2) is 41.0 Å². The highest BCUT2D eigenvalue weighted by Crippen LogP contribution is 2.32. The zero-order valence-electron chi connectivity index (χ0n) is 20.3. The fourth-order valence-electron chi connectivity index (χ4n) is 3.60. The number of rotatable bonds is 8. The van der Waals surface area contributed by atoms with E-state index < -0.39 is 17.1 Å². The van der Waals surface area contributed by atoms with Crippen LogP contribution in [0.3, 0.4) is 0 Å². The average molecular weight is 516 g/mol. The number of anilines is 2. The first-order chi connectivity index (χ1) is 17.8. The normalized spacial score (nSPS) is 14.1. The number of carbonyl (C=O) groups is 4. The van der Waals surface area contributed by atoms with Gasteiger partial charge in [0.25, 0.3) is 17.1 Å². The maximum Gasteiger partial charge on any atom is 0.294 e. The van der Waals surface area contributed by atoms with Gasteiger partial charge >= 0.3 is 0 Å². The summed E-state index contributed by atoms with van der Waals surface area (Å²) < 4.78 is 5.56. The molecule has 1 fully saturated rings. The van der Waals surface area contributed by atoms with Crippen LogP contribution in [-0.2, 0) is 14.4 Å². The first kappa shape index (κ1) is 25.7. The van der Waals surface area contributed by atoms with Crippen LogP contribution < -0.4 is 15.4 Å². The van der Waals surface area contributed by atoms with E-state index in [1.54, 1.807) is 54.6 Å². The topological polar surface area (TPSA) is 105 Å². The molecule has 0 unspecified atom stereocenters. The number of hydrogen-bond acceptors (Lipinski definition) is 6. The number of aryl methyl sites for hydroxylation is 2. The number of ether oxygens (including phenoxy) is 1. The van der Waals surface area contributed by atoms with E-state index in [0.29, 0.717) is 17.0 Å². The van der Waals surface area contributed by atoms with E-state index in [-0.39, 0.29) is 24.0 Å². The number of thioether (sulfide) groups is 1. The summed E-state index contributed by atoms with van der Waals surface area (Å²) in [5.41, 5.74) is 4.08. The molecule has 8 nitrogen and oxygen atoms in total. The third kappa shape index (κ3) is 6.86. The highest BCUT2D eigenvalue weighted by atomic mass is 32.2. The van der Waals surface area contributed by atoms with E-state index in [2.05, 4.69) is 10.6 Å². The molecule has 0 saturated carbocycles. The molecule has 188 valence electrons. The average Bonchev–Trinajstić information content (AvgIpc) is 3.13. The Morgan fingerprint density at radius 1 is 0.919 bits per heavy atom. The van der Waals surface area contributed by atoms with E-state index in [0.717, 1.165) is 33.5 Å². The second-order valence-corrected chi connectivity index (χ2v) is 9.40. The molecule has 0 radical (unpaired) electrons. The number of amides is 4. The third-order valence-electron chi connectivity index (χ3n) is 5.44. The van der Waals surface area contributed by atoms with Gasteiger partial charge in [-0.2, -0.15) is 0 Å². The number of hydrogen-bond donors (Lipinski definition) is 2. The van der Waals surface area contributed by atoms with E-state index >= 15 is 0 Å². The van der Waals surface area contributed by atoms with Gasteiger partial charge in [-0.25, -0.2) is 0 Å². The molecule has 0 bridgehead atoms. The van der Waals surface area contributed by atoms with E-state index in [1.165, 1.54) is 0 Å². The molecule has 37 heavy (non-hydrogen) atoms. The van der Waals surface area contributed by atoms with Gasteiger partial charge in [0.2, 0.25) is 5.91 Å². The maximum atomic E-state index is 12.7. The molecule has 4 amide bonds. The SMILES string of the molecule is Cc1ccc(NC(=O)COc2ccc(/C=C3\SC(=O)N(CC(=O)Nc4ccccc4)C3=O)cc2)c(C)c1. The summed E-state index contributed by atoms with van der Waals surface area (Å²) in [5, 5.41) is 4.99. The van der Waals surface area contributed by atoms with Gasteiger partial charge in [0.05, 0.1) is 4.91 Å². The van der Waals surface area contributed by atoms with Gasteiger partial charge in [0, 0.05) is 11.4 Å². The van der Waals surface area contributed by atoms with Gasteiger partial charge in [-0.05, 0) is 73.1 Å². The van der Waals surface area contributed by atoms with Crippen molar-refractivity contribution in [1.82, 2.24) is 4.90 Å². The monoisotopic (exact) mass is 515 g/mol. The number of nitrogens with one attached hydrogen (secondary N) is 2. The molecule has 2 N–H and O–H groups in total. The highest BCUT2D eigenvalue weighted by Gasteiger charge is 2.36. The first-order valence-electron chi connectivity index (χ1n) is 11.5. The molecule has 3 aromatic rings. The van der Waals surface area contributed by atoms with Crippen LogP contribution in [0.15, 0.2) is 77.7 Å². The van der Waals surface area contributed by atoms with Gasteiger partial charge in [-0.3, -0.25) is 24.1 Å². The number of nitrogens with zero attached hydrogens (tertiary/aromatic N) is 1. The number of benzene rings is 3. The van der Waals surface area contributed by atoms with Crippen molar-refractivity contribution in [3.63, 3.8) is 0 Å². The Hall–Kier alpha value is -4.37. The van der Waals surface area contributed by atoms with Crippen molar-refractivity contribution in [2.24, 2.45) is 0 Å². The van der Waals surface area contributed by atoms with Gasteiger partial charge in [0.15, 0.2) is 6.61 Å². The van der Waals surface area contributed by atoms with Gasteiger partial charge < -0.3 is 15.4 Å². The van der Waals surface area contributed by atoms with Crippen molar-refractivity contribution < 1.29 is 23.9 Å². The Morgan fingerprint density at radius 3 is 2.35 bits per heavy atom. The second-order valence-electron chi connectivity index (χ2n) is 8.41. The third-order valence-corrected chi connectivity index (χ3v) is 6.34. The Bertz CT molecular complexity index is 1370. The number of imide groups is 1. The Morgan fingerprint density at radius 2 is 1.65 bits per heavy atom.